The van der Waals surface area contributed by atoms with Gasteiger partial charge in [-0.2, -0.15) is 13.2 Å². The minimum absolute atomic E-state index is 0.175. The number of carbonyl (C=O) groups excluding carboxylic acids is 1. The Bertz CT molecular complexity index is 529. The molecule has 5 nitrogen and oxygen atoms in total. The van der Waals surface area contributed by atoms with E-state index in [4.69, 9.17) is 4.74 Å². The summed E-state index contributed by atoms with van der Waals surface area (Å²) in [5, 5.41) is 2.73. The van der Waals surface area contributed by atoms with Crippen LogP contribution in [0.1, 0.15) is 5.56 Å². The molecule has 2 amide bonds. The van der Waals surface area contributed by atoms with Crippen LogP contribution in [0.25, 0.3) is 0 Å². The zero-order valence-corrected chi connectivity index (χ0v) is 12.9. The molecule has 0 atom stereocenters. The fourth-order valence-electron chi connectivity index (χ4n) is 2.42. The van der Waals surface area contributed by atoms with Gasteiger partial charge in [-0.05, 0) is 18.2 Å². The summed E-state index contributed by atoms with van der Waals surface area (Å²) in [6.45, 7) is 2.81. The Morgan fingerprint density at radius 1 is 1.26 bits per heavy atom. The SMILES string of the molecule is COCCNC(=O)N1CCN(c2cccc(C(F)(F)F)c2)CC1. The number of amides is 2. The monoisotopic (exact) mass is 331 g/mol. The minimum atomic E-state index is -4.35. The molecule has 23 heavy (non-hydrogen) atoms. The highest BCUT2D eigenvalue weighted by Crippen LogP contribution is 2.31. The molecular weight excluding hydrogens is 311 g/mol. The molecule has 1 aromatic rings. The molecular formula is C15H20F3N3O2. The van der Waals surface area contributed by atoms with Crippen molar-refractivity contribution in [3.05, 3.63) is 29.8 Å². The van der Waals surface area contributed by atoms with E-state index >= 15 is 0 Å². The number of nitrogens with zero attached hydrogens (tertiary/aromatic N) is 2. The molecule has 1 aromatic carbocycles. The molecule has 1 aliphatic rings. The van der Waals surface area contributed by atoms with Crippen LogP contribution >= 0.6 is 0 Å². The average molecular weight is 331 g/mol. The second-order valence-electron chi connectivity index (χ2n) is 5.25. The summed E-state index contributed by atoms with van der Waals surface area (Å²) >= 11 is 0. The number of methoxy groups -OCH3 is 1. The van der Waals surface area contributed by atoms with Gasteiger partial charge in [-0.3, -0.25) is 0 Å². The van der Waals surface area contributed by atoms with Gasteiger partial charge in [0.25, 0.3) is 0 Å². The number of hydrogen-bond acceptors (Lipinski definition) is 3. The van der Waals surface area contributed by atoms with Crippen LogP contribution in [0.2, 0.25) is 0 Å². The van der Waals surface area contributed by atoms with Crippen LogP contribution in [-0.4, -0.2) is 57.4 Å². The van der Waals surface area contributed by atoms with E-state index < -0.39 is 11.7 Å². The number of rotatable bonds is 4. The van der Waals surface area contributed by atoms with Crippen molar-refractivity contribution in [1.82, 2.24) is 10.2 Å². The molecule has 0 aromatic heterocycles. The first-order valence-corrected chi connectivity index (χ1v) is 7.36. The molecule has 0 unspecified atom stereocenters. The maximum absolute atomic E-state index is 12.8. The summed E-state index contributed by atoms with van der Waals surface area (Å²) in [6, 6.07) is 5.09. The molecule has 0 spiro atoms. The average Bonchev–Trinajstić information content (AvgIpc) is 2.54. The van der Waals surface area contributed by atoms with Crippen LogP contribution in [0, 0.1) is 0 Å². The molecule has 1 saturated heterocycles. The summed E-state index contributed by atoms with van der Waals surface area (Å²) in [6.07, 6.45) is -4.35. The topological polar surface area (TPSA) is 44.8 Å². The van der Waals surface area contributed by atoms with Crippen molar-refractivity contribution >= 4 is 11.7 Å². The van der Waals surface area contributed by atoms with Gasteiger partial charge in [0.1, 0.15) is 0 Å². The van der Waals surface area contributed by atoms with Crippen LogP contribution in [-0.2, 0) is 10.9 Å². The van der Waals surface area contributed by atoms with E-state index in [-0.39, 0.29) is 6.03 Å². The molecule has 1 heterocycles. The first-order valence-electron chi connectivity index (χ1n) is 7.36. The summed E-state index contributed by atoms with van der Waals surface area (Å²) in [4.78, 5) is 15.4. The normalized spacial score (nSPS) is 15.7. The zero-order valence-electron chi connectivity index (χ0n) is 12.9. The second-order valence-corrected chi connectivity index (χ2v) is 5.25. The van der Waals surface area contributed by atoms with Crippen molar-refractivity contribution in [1.29, 1.82) is 0 Å². The highest BCUT2D eigenvalue weighted by Gasteiger charge is 2.31. The van der Waals surface area contributed by atoms with Crippen molar-refractivity contribution in [3.8, 4) is 0 Å². The molecule has 8 heteroatoms. The van der Waals surface area contributed by atoms with Crippen LogP contribution in [0.5, 0.6) is 0 Å². The van der Waals surface area contributed by atoms with Gasteiger partial charge in [0.05, 0.1) is 12.2 Å². The second kappa shape index (κ2) is 7.54. The molecule has 0 bridgehead atoms. The van der Waals surface area contributed by atoms with Crippen LogP contribution in [0.3, 0.4) is 0 Å². The number of piperazine rings is 1. The zero-order chi connectivity index (χ0) is 16.9. The largest absolute Gasteiger partial charge is 0.416 e. The highest BCUT2D eigenvalue weighted by molar-refractivity contribution is 5.74. The number of anilines is 1. The summed E-state index contributed by atoms with van der Waals surface area (Å²) in [5.41, 5.74) is -0.131. The first kappa shape index (κ1) is 17.4. The molecule has 1 fully saturated rings. The molecule has 0 saturated carbocycles. The quantitative estimate of drug-likeness (QED) is 0.860. The van der Waals surface area contributed by atoms with Crippen molar-refractivity contribution < 1.29 is 22.7 Å². The first-order chi connectivity index (χ1) is 10.9. The Labute approximate surface area is 133 Å². The van der Waals surface area contributed by atoms with Crippen molar-refractivity contribution in [2.24, 2.45) is 0 Å². The van der Waals surface area contributed by atoms with E-state index in [9.17, 15) is 18.0 Å². The van der Waals surface area contributed by atoms with Crippen molar-refractivity contribution in [2.45, 2.75) is 6.18 Å². The highest BCUT2D eigenvalue weighted by atomic mass is 19.4. The van der Waals surface area contributed by atoms with Crippen LogP contribution in [0.4, 0.5) is 23.7 Å². The Kier molecular flexibility index (Phi) is 5.70. The van der Waals surface area contributed by atoms with Gasteiger partial charge in [0.15, 0.2) is 0 Å². The van der Waals surface area contributed by atoms with E-state index in [0.29, 0.717) is 45.0 Å². The summed E-state index contributed by atoms with van der Waals surface area (Å²) in [5.74, 6) is 0. The number of nitrogens with one attached hydrogen (secondary N) is 1. The third kappa shape index (κ3) is 4.75. The fraction of sp³-hybridized carbons (Fsp3) is 0.533. The number of ether oxygens (including phenoxy) is 1. The Balaban J connectivity index is 1.90. The molecule has 1 aliphatic heterocycles. The maximum atomic E-state index is 12.8. The van der Waals surface area contributed by atoms with Gasteiger partial charge in [-0.1, -0.05) is 6.07 Å². The number of alkyl halides is 3. The molecule has 0 radical (unpaired) electrons. The van der Waals surface area contributed by atoms with E-state index in [1.807, 2.05) is 4.90 Å². The van der Waals surface area contributed by atoms with Gasteiger partial charge in [-0.25, -0.2) is 4.79 Å². The van der Waals surface area contributed by atoms with Crippen molar-refractivity contribution in [3.63, 3.8) is 0 Å². The lowest BCUT2D eigenvalue weighted by Gasteiger charge is -2.36. The number of hydrogen-bond donors (Lipinski definition) is 1. The fourth-order valence-corrected chi connectivity index (χ4v) is 2.42. The molecule has 2 rings (SSSR count). The van der Waals surface area contributed by atoms with Crippen LogP contribution in [0.15, 0.2) is 24.3 Å². The predicted molar refractivity (Wildman–Crippen MR) is 80.5 cm³/mol. The lowest BCUT2D eigenvalue weighted by Crippen LogP contribution is -2.52. The number of halogens is 3. The van der Waals surface area contributed by atoms with E-state index in [0.717, 1.165) is 12.1 Å². The predicted octanol–water partition coefficient (Wildman–Crippen LogP) is 2.18. The summed E-state index contributed by atoms with van der Waals surface area (Å²) in [7, 11) is 1.56. The van der Waals surface area contributed by atoms with Gasteiger partial charge in [0.2, 0.25) is 0 Å². The Morgan fingerprint density at radius 2 is 1.96 bits per heavy atom. The molecule has 128 valence electrons. The van der Waals surface area contributed by atoms with Gasteiger partial charge >= 0.3 is 12.2 Å². The number of benzene rings is 1. The maximum Gasteiger partial charge on any atom is 0.416 e. The Hall–Kier alpha value is -1.96. The summed E-state index contributed by atoms with van der Waals surface area (Å²) < 4.78 is 43.1. The van der Waals surface area contributed by atoms with Crippen LogP contribution < -0.4 is 10.2 Å². The van der Waals surface area contributed by atoms with Crippen molar-refractivity contribution in [2.75, 3.05) is 51.3 Å². The standard InChI is InChI=1S/C15H20F3N3O2/c1-23-10-5-19-14(22)21-8-6-20(7-9-21)13-4-2-3-12(11-13)15(16,17)18/h2-4,11H,5-10H2,1H3,(H,19,22). The van der Waals surface area contributed by atoms with E-state index in [2.05, 4.69) is 5.32 Å². The number of carbonyl (C=O) groups is 1. The number of urea groups is 1. The van der Waals surface area contributed by atoms with Gasteiger partial charge in [0, 0.05) is 45.5 Å². The third-order valence-electron chi connectivity index (χ3n) is 3.69. The van der Waals surface area contributed by atoms with Gasteiger partial charge in [-0.15, -0.1) is 0 Å². The lowest BCUT2D eigenvalue weighted by molar-refractivity contribution is -0.137. The third-order valence-corrected chi connectivity index (χ3v) is 3.69. The molecule has 0 aliphatic carbocycles. The minimum Gasteiger partial charge on any atom is -0.383 e. The smallest absolute Gasteiger partial charge is 0.383 e. The molecule has 1 N–H and O–H groups in total. The van der Waals surface area contributed by atoms with Gasteiger partial charge < -0.3 is 19.9 Å². The van der Waals surface area contributed by atoms with E-state index in [1.54, 1.807) is 18.1 Å². The van der Waals surface area contributed by atoms with E-state index in [1.165, 1.54) is 6.07 Å². The Morgan fingerprint density at radius 3 is 2.57 bits per heavy atom. The lowest BCUT2D eigenvalue weighted by atomic mass is 10.1.